The number of aryl methyl sites for hydroxylation is 2. The van der Waals surface area contributed by atoms with E-state index in [0.717, 1.165) is 9.54 Å². The zero-order valence-electron chi connectivity index (χ0n) is 13.8. The predicted molar refractivity (Wildman–Crippen MR) is 98.2 cm³/mol. The fraction of sp³-hybridized carbons (Fsp3) is 0.118. The van der Waals surface area contributed by atoms with Crippen LogP contribution in [0.15, 0.2) is 52.3 Å². The van der Waals surface area contributed by atoms with Crippen molar-refractivity contribution in [3.63, 3.8) is 0 Å². The highest BCUT2D eigenvalue weighted by Gasteiger charge is 2.28. The van der Waals surface area contributed by atoms with E-state index in [4.69, 9.17) is 10.7 Å². The van der Waals surface area contributed by atoms with Gasteiger partial charge in [-0.25, -0.2) is 20.8 Å². The summed E-state index contributed by atoms with van der Waals surface area (Å²) in [5, 5.41) is 9.72. The van der Waals surface area contributed by atoms with Crippen LogP contribution in [0.2, 0.25) is 0 Å². The van der Waals surface area contributed by atoms with E-state index >= 15 is 0 Å². The van der Waals surface area contributed by atoms with Gasteiger partial charge in [0, 0.05) is 16.1 Å². The molecule has 2 aromatic carbocycles. The van der Waals surface area contributed by atoms with Gasteiger partial charge >= 0.3 is 0 Å². The molecule has 3 aromatic rings. The third-order valence-corrected chi connectivity index (χ3v) is 6.96. The van der Waals surface area contributed by atoms with Crippen molar-refractivity contribution in [2.24, 2.45) is 0 Å². The first-order valence-electron chi connectivity index (χ1n) is 7.39. The predicted octanol–water partition coefficient (Wildman–Crippen LogP) is 3.29. The molecular formula is C17H13ClN2O4S2. The lowest BCUT2D eigenvalue weighted by atomic mass is 10.2. The van der Waals surface area contributed by atoms with E-state index in [9.17, 15) is 22.1 Å². The Labute approximate surface area is 155 Å². The number of hydrogen-bond acceptors (Lipinski definition) is 5. The third kappa shape index (κ3) is 2.98. The van der Waals surface area contributed by atoms with Crippen molar-refractivity contribution >= 4 is 40.7 Å². The monoisotopic (exact) mass is 408 g/mol. The Hall–Kier alpha value is -2.34. The van der Waals surface area contributed by atoms with Gasteiger partial charge in [-0.05, 0) is 49.7 Å². The molecular weight excluding hydrogens is 396 g/mol. The molecule has 0 atom stereocenters. The molecule has 0 radical (unpaired) electrons. The summed E-state index contributed by atoms with van der Waals surface area (Å²) >= 11 is 0. The number of fused-ring (bicyclic) bond motifs is 1. The molecule has 26 heavy (non-hydrogen) atoms. The minimum atomic E-state index is -4.24. The number of benzene rings is 2. The van der Waals surface area contributed by atoms with Crippen LogP contribution in [0.5, 0.6) is 0 Å². The van der Waals surface area contributed by atoms with E-state index in [1.165, 1.54) is 24.3 Å². The molecule has 1 heterocycles. The van der Waals surface area contributed by atoms with Gasteiger partial charge in [0.25, 0.3) is 19.1 Å². The van der Waals surface area contributed by atoms with Gasteiger partial charge < -0.3 is 0 Å². The van der Waals surface area contributed by atoms with Crippen molar-refractivity contribution in [2.45, 2.75) is 23.6 Å². The van der Waals surface area contributed by atoms with E-state index in [-0.39, 0.29) is 21.0 Å². The fourth-order valence-electron chi connectivity index (χ4n) is 2.76. The summed E-state index contributed by atoms with van der Waals surface area (Å²) in [4.78, 5) is -0.415. The molecule has 9 heteroatoms. The quantitative estimate of drug-likeness (QED) is 0.619. The Bertz CT molecular complexity index is 1280. The molecule has 0 unspecified atom stereocenters. The molecule has 0 saturated heterocycles. The van der Waals surface area contributed by atoms with Crippen LogP contribution in [-0.2, 0) is 19.1 Å². The summed E-state index contributed by atoms with van der Waals surface area (Å²) < 4.78 is 51.1. The van der Waals surface area contributed by atoms with Gasteiger partial charge in [-0.3, -0.25) is 0 Å². The molecule has 0 fully saturated rings. The molecule has 0 aliphatic rings. The van der Waals surface area contributed by atoms with E-state index in [1.807, 2.05) is 13.0 Å². The Morgan fingerprint density at radius 1 is 0.962 bits per heavy atom. The number of aromatic nitrogens is 1. The molecule has 0 bridgehead atoms. The third-order valence-electron chi connectivity index (χ3n) is 3.90. The van der Waals surface area contributed by atoms with Crippen molar-refractivity contribution in [1.29, 1.82) is 5.26 Å². The van der Waals surface area contributed by atoms with Gasteiger partial charge in [-0.15, -0.1) is 0 Å². The summed E-state index contributed by atoms with van der Waals surface area (Å²) in [5.41, 5.74) is 1.10. The summed E-state index contributed by atoms with van der Waals surface area (Å²) in [6.07, 6.45) is 0. The highest BCUT2D eigenvalue weighted by Crippen LogP contribution is 2.33. The fourth-order valence-corrected chi connectivity index (χ4v) is 5.42. The van der Waals surface area contributed by atoms with Crippen LogP contribution in [-0.4, -0.2) is 20.8 Å². The van der Waals surface area contributed by atoms with Crippen LogP contribution in [0.25, 0.3) is 10.9 Å². The summed E-state index contributed by atoms with van der Waals surface area (Å²) in [7, 11) is -2.92. The first-order valence-corrected chi connectivity index (χ1v) is 11.1. The lowest BCUT2D eigenvalue weighted by Gasteiger charge is -2.11. The van der Waals surface area contributed by atoms with Gasteiger partial charge in [0.15, 0.2) is 0 Å². The summed E-state index contributed by atoms with van der Waals surface area (Å²) in [6, 6.07) is 12.1. The zero-order chi connectivity index (χ0) is 19.3. The van der Waals surface area contributed by atoms with Crippen LogP contribution >= 0.6 is 10.7 Å². The average Bonchev–Trinajstić information content (AvgIpc) is 2.92. The maximum Gasteiger partial charge on any atom is 0.269 e. The molecule has 0 aliphatic heterocycles. The van der Waals surface area contributed by atoms with Gasteiger partial charge in [0.05, 0.1) is 10.4 Å². The standard InChI is InChI=1S/C17H13ClN2O4S2/c1-11-3-5-15(6-4-11)26(23,24)20-14(10-19)9-13-7-12(2)8-16(17(13)20)25(18,21)22/h3-9H,1-2H3. The molecule has 3 rings (SSSR count). The molecule has 0 aliphatic carbocycles. The van der Waals surface area contributed by atoms with Crippen LogP contribution in [0, 0.1) is 25.2 Å². The molecule has 134 valence electrons. The first kappa shape index (κ1) is 18.5. The van der Waals surface area contributed by atoms with Gasteiger partial charge in [-0.2, -0.15) is 5.26 Å². The highest BCUT2D eigenvalue weighted by atomic mass is 35.7. The smallest absolute Gasteiger partial charge is 0.222 e. The minimum Gasteiger partial charge on any atom is -0.222 e. The number of hydrogen-bond donors (Lipinski definition) is 0. The second kappa shape index (κ2) is 6.13. The van der Waals surface area contributed by atoms with Crippen molar-refractivity contribution < 1.29 is 16.8 Å². The van der Waals surface area contributed by atoms with E-state index in [2.05, 4.69) is 0 Å². The number of rotatable bonds is 3. The lowest BCUT2D eigenvalue weighted by Crippen LogP contribution is -2.15. The van der Waals surface area contributed by atoms with Crippen molar-refractivity contribution in [3.8, 4) is 6.07 Å². The van der Waals surface area contributed by atoms with Crippen LogP contribution in [0.3, 0.4) is 0 Å². The number of nitriles is 1. The number of nitrogens with zero attached hydrogens (tertiary/aromatic N) is 2. The largest absolute Gasteiger partial charge is 0.269 e. The van der Waals surface area contributed by atoms with Crippen molar-refractivity contribution in [2.75, 3.05) is 0 Å². The van der Waals surface area contributed by atoms with E-state index < -0.39 is 19.1 Å². The van der Waals surface area contributed by atoms with E-state index in [1.54, 1.807) is 25.1 Å². The Morgan fingerprint density at radius 3 is 2.12 bits per heavy atom. The SMILES string of the molecule is Cc1ccc(S(=O)(=O)n2c(C#N)cc3cc(C)cc(S(=O)(=O)Cl)c32)cc1. The maximum atomic E-state index is 13.1. The molecule has 0 spiro atoms. The second-order valence-corrected chi connectivity index (χ2v) is 10.2. The summed E-state index contributed by atoms with van der Waals surface area (Å²) in [6.45, 7) is 3.46. The Balaban J connectivity index is 2.50. The van der Waals surface area contributed by atoms with Gasteiger partial charge in [0.1, 0.15) is 16.7 Å². The van der Waals surface area contributed by atoms with Gasteiger partial charge in [-0.1, -0.05) is 17.7 Å². The number of halogens is 1. The van der Waals surface area contributed by atoms with Crippen molar-refractivity contribution in [1.82, 2.24) is 3.97 Å². The van der Waals surface area contributed by atoms with E-state index in [0.29, 0.717) is 10.9 Å². The molecule has 0 amide bonds. The normalized spacial score (nSPS) is 12.2. The van der Waals surface area contributed by atoms with Crippen LogP contribution in [0.1, 0.15) is 16.8 Å². The Kier molecular flexibility index (Phi) is 4.35. The van der Waals surface area contributed by atoms with Crippen LogP contribution < -0.4 is 0 Å². The topological polar surface area (TPSA) is 97.0 Å². The second-order valence-electron chi connectivity index (χ2n) is 5.86. The first-order chi connectivity index (χ1) is 12.1. The molecule has 0 N–H and O–H groups in total. The highest BCUT2D eigenvalue weighted by molar-refractivity contribution is 8.14. The van der Waals surface area contributed by atoms with Crippen molar-refractivity contribution in [3.05, 3.63) is 59.3 Å². The maximum absolute atomic E-state index is 13.1. The molecule has 6 nitrogen and oxygen atoms in total. The van der Waals surface area contributed by atoms with Gasteiger partial charge in [0.2, 0.25) is 0 Å². The Morgan fingerprint density at radius 2 is 1.58 bits per heavy atom. The summed E-state index contributed by atoms with van der Waals surface area (Å²) in [5.74, 6) is 0. The lowest BCUT2D eigenvalue weighted by molar-refractivity contribution is 0.588. The molecule has 1 aromatic heterocycles. The van der Waals surface area contributed by atoms with Crippen LogP contribution in [0.4, 0.5) is 0 Å². The zero-order valence-corrected chi connectivity index (χ0v) is 16.2. The minimum absolute atomic E-state index is 0.0596. The average molecular weight is 409 g/mol. The molecule has 0 saturated carbocycles.